The molecule has 3 aromatic rings. The molecule has 0 aliphatic carbocycles. The van der Waals surface area contributed by atoms with Gasteiger partial charge in [0.05, 0.1) is 12.1 Å². The van der Waals surface area contributed by atoms with E-state index in [1.807, 2.05) is 32.9 Å². The number of aromatic nitrogens is 2. The highest BCUT2D eigenvalue weighted by molar-refractivity contribution is 5.89. The minimum atomic E-state index is -0.466. The Morgan fingerprint density at radius 1 is 0.974 bits per heavy atom. The molecule has 2 fully saturated rings. The number of piperidine rings is 2. The predicted octanol–water partition coefficient (Wildman–Crippen LogP) is 5.73. The van der Waals surface area contributed by atoms with Crippen LogP contribution in [-0.4, -0.2) is 70.3 Å². The van der Waals surface area contributed by atoms with Gasteiger partial charge in [0.2, 0.25) is 0 Å². The number of fused-ring (bicyclic) bond motifs is 1. The molecule has 0 atom stereocenters. The molecule has 8 heteroatoms. The van der Waals surface area contributed by atoms with E-state index in [4.69, 9.17) is 9.47 Å². The Kier molecular flexibility index (Phi) is 8.50. The van der Waals surface area contributed by atoms with E-state index in [-0.39, 0.29) is 6.09 Å². The number of likely N-dealkylation sites (tertiary alicyclic amines) is 2. The lowest BCUT2D eigenvalue weighted by atomic mass is 9.98. The molecule has 0 saturated carbocycles. The molecule has 1 aromatic heterocycles. The van der Waals surface area contributed by atoms with Crippen molar-refractivity contribution in [1.82, 2.24) is 19.8 Å². The van der Waals surface area contributed by atoms with E-state index in [0.29, 0.717) is 31.7 Å². The molecule has 2 aliphatic rings. The van der Waals surface area contributed by atoms with Gasteiger partial charge < -0.3 is 19.7 Å². The number of carbonyl (C=O) groups is 1. The number of ether oxygens (including phenoxy) is 2. The molecular formula is C31H41N5O3. The van der Waals surface area contributed by atoms with Crippen molar-refractivity contribution >= 4 is 22.8 Å². The lowest BCUT2D eigenvalue weighted by Crippen LogP contribution is -2.42. The molecule has 0 radical (unpaired) electrons. The maximum Gasteiger partial charge on any atom is 0.410 e. The molecule has 2 aromatic carbocycles. The SMILES string of the molecule is CC(C)(C)OC(=O)N1CCC(COc2ccc3c(NC4CCN(Cc5ccccc5)CC4)ncnc3c2)CC1. The molecule has 0 spiro atoms. The molecule has 3 heterocycles. The molecular weight excluding hydrogens is 490 g/mol. The average molecular weight is 532 g/mol. The van der Waals surface area contributed by atoms with Gasteiger partial charge in [0.25, 0.3) is 0 Å². The predicted molar refractivity (Wildman–Crippen MR) is 154 cm³/mol. The first-order valence-electron chi connectivity index (χ1n) is 14.2. The fraction of sp³-hybridized carbons (Fsp3) is 0.516. The van der Waals surface area contributed by atoms with Crippen LogP contribution in [0.5, 0.6) is 5.75 Å². The summed E-state index contributed by atoms with van der Waals surface area (Å²) < 4.78 is 11.7. The van der Waals surface area contributed by atoms with Crippen LogP contribution in [0, 0.1) is 5.92 Å². The Balaban J connectivity index is 1.10. The maximum atomic E-state index is 12.3. The van der Waals surface area contributed by atoms with Crippen molar-refractivity contribution in [3.8, 4) is 5.75 Å². The minimum Gasteiger partial charge on any atom is -0.493 e. The van der Waals surface area contributed by atoms with Gasteiger partial charge in [0, 0.05) is 50.2 Å². The Morgan fingerprint density at radius 3 is 2.44 bits per heavy atom. The van der Waals surface area contributed by atoms with Gasteiger partial charge in [-0.3, -0.25) is 4.90 Å². The second-order valence-electron chi connectivity index (χ2n) is 11.8. The zero-order valence-electron chi connectivity index (χ0n) is 23.4. The molecule has 2 aliphatic heterocycles. The Labute approximate surface area is 231 Å². The fourth-order valence-electron chi connectivity index (χ4n) is 5.33. The van der Waals surface area contributed by atoms with Gasteiger partial charge in [-0.1, -0.05) is 30.3 Å². The summed E-state index contributed by atoms with van der Waals surface area (Å²) >= 11 is 0. The van der Waals surface area contributed by atoms with Gasteiger partial charge in [-0.2, -0.15) is 0 Å². The highest BCUT2D eigenvalue weighted by Gasteiger charge is 2.27. The summed E-state index contributed by atoms with van der Waals surface area (Å²) in [5.74, 6) is 2.12. The Hall–Kier alpha value is -3.39. The summed E-state index contributed by atoms with van der Waals surface area (Å²) in [5.41, 5.74) is 1.79. The van der Waals surface area contributed by atoms with E-state index in [1.165, 1.54) is 5.56 Å². The molecule has 0 bridgehead atoms. The molecule has 208 valence electrons. The van der Waals surface area contributed by atoms with Crippen molar-refractivity contribution in [3.63, 3.8) is 0 Å². The average Bonchev–Trinajstić information content (AvgIpc) is 2.93. The highest BCUT2D eigenvalue weighted by atomic mass is 16.6. The number of nitrogens with zero attached hydrogens (tertiary/aromatic N) is 4. The smallest absolute Gasteiger partial charge is 0.410 e. The van der Waals surface area contributed by atoms with Crippen LogP contribution < -0.4 is 10.1 Å². The summed E-state index contributed by atoms with van der Waals surface area (Å²) in [6, 6.07) is 17.2. The van der Waals surface area contributed by atoms with E-state index < -0.39 is 5.60 Å². The summed E-state index contributed by atoms with van der Waals surface area (Å²) in [7, 11) is 0. The van der Waals surface area contributed by atoms with Crippen molar-refractivity contribution in [2.24, 2.45) is 5.92 Å². The second kappa shape index (κ2) is 12.2. The van der Waals surface area contributed by atoms with Gasteiger partial charge in [-0.25, -0.2) is 14.8 Å². The minimum absolute atomic E-state index is 0.224. The number of benzene rings is 2. The molecule has 1 N–H and O–H groups in total. The molecule has 2 saturated heterocycles. The van der Waals surface area contributed by atoms with E-state index in [1.54, 1.807) is 11.2 Å². The third-order valence-corrected chi connectivity index (χ3v) is 7.54. The largest absolute Gasteiger partial charge is 0.493 e. The topological polar surface area (TPSA) is 79.8 Å². The van der Waals surface area contributed by atoms with Gasteiger partial charge in [0.1, 0.15) is 23.5 Å². The summed E-state index contributed by atoms with van der Waals surface area (Å²) in [5, 5.41) is 4.69. The second-order valence-corrected chi connectivity index (χ2v) is 11.8. The van der Waals surface area contributed by atoms with Gasteiger partial charge >= 0.3 is 6.09 Å². The van der Waals surface area contributed by atoms with Crippen LogP contribution in [0.15, 0.2) is 54.9 Å². The van der Waals surface area contributed by atoms with Crippen molar-refractivity contribution < 1.29 is 14.3 Å². The first-order chi connectivity index (χ1) is 18.8. The fourth-order valence-corrected chi connectivity index (χ4v) is 5.33. The number of hydrogen-bond acceptors (Lipinski definition) is 7. The number of rotatable bonds is 7. The summed E-state index contributed by atoms with van der Waals surface area (Å²) in [6.45, 7) is 10.9. The van der Waals surface area contributed by atoms with Crippen LogP contribution in [0.25, 0.3) is 10.9 Å². The van der Waals surface area contributed by atoms with Crippen molar-refractivity contribution in [2.45, 2.75) is 64.6 Å². The Bertz CT molecular complexity index is 1230. The standard InChI is InChI=1S/C31H41N5O3/c1-31(2,3)39-30(37)36-17-11-24(12-18-36)21-38-26-9-10-27-28(19-26)32-22-33-29(27)34-25-13-15-35(16-14-25)20-23-7-5-4-6-8-23/h4-10,19,22,24-25H,11-18,20-21H2,1-3H3,(H,32,33,34). The van der Waals surface area contributed by atoms with E-state index in [2.05, 4.69) is 56.6 Å². The number of amides is 1. The van der Waals surface area contributed by atoms with Crippen LogP contribution in [0.1, 0.15) is 52.0 Å². The molecule has 0 unspecified atom stereocenters. The van der Waals surface area contributed by atoms with Gasteiger partial charge in [-0.15, -0.1) is 0 Å². The number of anilines is 1. The molecule has 8 nitrogen and oxygen atoms in total. The maximum absolute atomic E-state index is 12.3. The zero-order chi connectivity index (χ0) is 27.2. The monoisotopic (exact) mass is 531 g/mol. The van der Waals surface area contributed by atoms with Gasteiger partial charge in [-0.05, 0) is 70.1 Å². The third kappa shape index (κ3) is 7.60. The normalized spacial score (nSPS) is 17.8. The molecule has 5 rings (SSSR count). The van der Waals surface area contributed by atoms with Crippen LogP contribution >= 0.6 is 0 Å². The summed E-state index contributed by atoms with van der Waals surface area (Å²) in [4.78, 5) is 25.7. The third-order valence-electron chi connectivity index (χ3n) is 7.54. The lowest BCUT2D eigenvalue weighted by Gasteiger charge is -2.33. The number of nitrogens with one attached hydrogen (secondary N) is 1. The number of carbonyl (C=O) groups excluding carboxylic acids is 1. The van der Waals surface area contributed by atoms with E-state index in [0.717, 1.165) is 67.8 Å². The van der Waals surface area contributed by atoms with Gasteiger partial charge in [0.15, 0.2) is 0 Å². The quantitative estimate of drug-likeness (QED) is 0.417. The Morgan fingerprint density at radius 2 is 1.72 bits per heavy atom. The zero-order valence-corrected chi connectivity index (χ0v) is 23.4. The van der Waals surface area contributed by atoms with Crippen LogP contribution in [-0.2, 0) is 11.3 Å². The van der Waals surface area contributed by atoms with E-state index >= 15 is 0 Å². The van der Waals surface area contributed by atoms with Crippen LogP contribution in [0.3, 0.4) is 0 Å². The lowest BCUT2D eigenvalue weighted by molar-refractivity contribution is 0.0165. The van der Waals surface area contributed by atoms with Crippen molar-refractivity contribution in [3.05, 3.63) is 60.4 Å². The highest BCUT2D eigenvalue weighted by Crippen LogP contribution is 2.27. The summed E-state index contributed by atoms with van der Waals surface area (Å²) in [6.07, 6.45) is 5.41. The first-order valence-corrected chi connectivity index (χ1v) is 14.2. The number of hydrogen-bond donors (Lipinski definition) is 1. The van der Waals surface area contributed by atoms with E-state index in [9.17, 15) is 4.79 Å². The molecule has 1 amide bonds. The first kappa shape index (κ1) is 27.2. The van der Waals surface area contributed by atoms with Crippen LogP contribution in [0.4, 0.5) is 10.6 Å². The van der Waals surface area contributed by atoms with Crippen molar-refractivity contribution in [2.75, 3.05) is 38.1 Å². The van der Waals surface area contributed by atoms with Crippen molar-refractivity contribution in [1.29, 1.82) is 0 Å². The van der Waals surface area contributed by atoms with Crippen LogP contribution in [0.2, 0.25) is 0 Å². The molecule has 39 heavy (non-hydrogen) atoms.